The van der Waals surface area contributed by atoms with Crippen LogP contribution in [0, 0.1) is 6.92 Å². The molecule has 0 atom stereocenters. The monoisotopic (exact) mass is 278 g/mol. The van der Waals surface area contributed by atoms with Gasteiger partial charge in [0.25, 0.3) is 0 Å². The lowest BCUT2D eigenvalue weighted by Crippen LogP contribution is -2.00. The molecule has 21 heavy (non-hydrogen) atoms. The second-order valence-corrected chi connectivity index (χ2v) is 5.09. The van der Waals surface area contributed by atoms with Crippen LogP contribution in [0.5, 0.6) is 5.75 Å². The van der Waals surface area contributed by atoms with Crippen molar-refractivity contribution in [3.63, 3.8) is 0 Å². The second-order valence-electron chi connectivity index (χ2n) is 5.09. The third kappa shape index (κ3) is 2.60. The summed E-state index contributed by atoms with van der Waals surface area (Å²) in [6.07, 6.45) is 0. The Kier molecular flexibility index (Phi) is 3.59. The largest absolute Gasteiger partial charge is 0.496 e. The molecule has 0 fully saturated rings. The van der Waals surface area contributed by atoms with E-state index in [1.807, 2.05) is 19.1 Å². The number of nitrogens with zero attached hydrogens (tertiary/aromatic N) is 1. The number of aromatic nitrogens is 1. The highest BCUT2D eigenvalue weighted by Gasteiger charge is 2.06. The lowest BCUT2D eigenvalue weighted by atomic mass is 10.0. The lowest BCUT2D eigenvalue weighted by Gasteiger charge is -2.10. The zero-order chi connectivity index (χ0) is 14.8. The molecule has 0 amide bonds. The highest BCUT2D eigenvalue weighted by Crippen LogP contribution is 2.28. The predicted octanol–water partition coefficient (Wildman–Crippen LogP) is 3.68. The van der Waals surface area contributed by atoms with Gasteiger partial charge in [-0.3, -0.25) is 4.98 Å². The van der Waals surface area contributed by atoms with Crippen molar-refractivity contribution in [1.82, 2.24) is 4.98 Å². The van der Waals surface area contributed by atoms with Crippen LogP contribution < -0.4 is 10.5 Å². The zero-order valence-electron chi connectivity index (χ0n) is 12.3. The zero-order valence-corrected chi connectivity index (χ0v) is 12.3. The number of rotatable bonds is 3. The van der Waals surface area contributed by atoms with Crippen molar-refractivity contribution < 1.29 is 4.74 Å². The molecule has 0 unspecified atom stereocenters. The Balaban J connectivity index is 2.09. The molecule has 0 spiro atoms. The Labute approximate surface area is 124 Å². The number of aryl methyl sites for hydroxylation is 1. The molecule has 0 aliphatic rings. The van der Waals surface area contributed by atoms with Crippen molar-refractivity contribution >= 4 is 10.9 Å². The molecule has 3 rings (SSSR count). The van der Waals surface area contributed by atoms with E-state index in [0.29, 0.717) is 6.54 Å². The summed E-state index contributed by atoms with van der Waals surface area (Å²) in [5.74, 6) is 0.833. The highest BCUT2D eigenvalue weighted by molar-refractivity contribution is 5.84. The maximum Gasteiger partial charge on any atom is 0.123 e. The number of nitrogens with two attached hydrogens (primary N) is 1. The van der Waals surface area contributed by atoms with Gasteiger partial charge in [-0.1, -0.05) is 18.2 Å². The highest BCUT2D eigenvalue weighted by atomic mass is 16.5. The van der Waals surface area contributed by atoms with E-state index in [4.69, 9.17) is 10.5 Å². The minimum Gasteiger partial charge on any atom is -0.496 e. The van der Waals surface area contributed by atoms with Gasteiger partial charge in [-0.2, -0.15) is 0 Å². The third-order valence-electron chi connectivity index (χ3n) is 3.66. The Morgan fingerprint density at radius 2 is 1.76 bits per heavy atom. The summed E-state index contributed by atoms with van der Waals surface area (Å²) >= 11 is 0. The number of ether oxygens (including phenoxy) is 1. The van der Waals surface area contributed by atoms with Gasteiger partial charge in [-0.05, 0) is 48.4 Å². The Morgan fingerprint density at radius 1 is 1.00 bits per heavy atom. The van der Waals surface area contributed by atoms with Crippen molar-refractivity contribution in [2.24, 2.45) is 5.73 Å². The summed E-state index contributed by atoms with van der Waals surface area (Å²) in [7, 11) is 1.66. The molecular formula is C18H18N2O. The number of hydrogen-bond acceptors (Lipinski definition) is 3. The van der Waals surface area contributed by atoms with Crippen molar-refractivity contribution in [2.75, 3.05) is 7.11 Å². The number of hydrogen-bond donors (Lipinski definition) is 1. The minimum atomic E-state index is 0.464. The molecule has 1 heterocycles. The predicted molar refractivity (Wildman–Crippen MR) is 86.4 cm³/mol. The molecule has 3 heteroatoms. The second kappa shape index (κ2) is 5.54. The van der Waals surface area contributed by atoms with E-state index in [-0.39, 0.29) is 0 Å². The van der Waals surface area contributed by atoms with E-state index in [1.165, 1.54) is 0 Å². The molecular weight excluding hydrogens is 260 g/mol. The maximum absolute atomic E-state index is 5.79. The molecule has 0 saturated heterocycles. The Hall–Kier alpha value is -2.39. The van der Waals surface area contributed by atoms with Crippen molar-refractivity contribution in [3.8, 4) is 16.9 Å². The van der Waals surface area contributed by atoms with E-state index < -0.39 is 0 Å². The van der Waals surface area contributed by atoms with Crippen LogP contribution in [-0.4, -0.2) is 12.1 Å². The maximum atomic E-state index is 5.79. The van der Waals surface area contributed by atoms with E-state index in [2.05, 4.69) is 41.4 Å². The van der Waals surface area contributed by atoms with Gasteiger partial charge in [0.1, 0.15) is 5.75 Å². The summed E-state index contributed by atoms with van der Waals surface area (Å²) in [6, 6.07) is 16.6. The molecule has 0 aliphatic heterocycles. The molecule has 106 valence electrons. The fourth-order valence-electron chi connectivity index (χ4n) is 2.52. The SMILES string of the molecule is COc1ccc(-c2ccc3nc(C)ccc3c2)cc1CN. The van der Waals surface area contributed by atoms with Crippen LogP contribution in [0.4, 0.5) is 0 Å². The van der Waals surface area contributed by atoms with Gasteiger partial charge < -0.3 is 10.5 Å². The molecule has 2 N–H and O–H groups in total. The van der Waals surface area contributed by atoms with Crippen LogP contribution in [0.25, 0.3) is 22.0 Å². The van der Waals surface area contributed by atoms with Gasteiger partial charge in [0.2, 0.25) is 0 Å². The molecule has 3 aromatic rings. The Morgan fingerprint density at radius 3 is 2.52 bits per heavy atom. The molecule has 0 bridgehead atoms. The van der Waals surface area contributed by atoms with Crippen molar-refractivity contribution in [1.29, 1.82) is 0 Å². The van der Waals surface area contributed by atoms with Gasteiger partial charge in [-0.25, -0.2) is 0 Å². The van der Waals surface area contributed by atoms with Crippen LogP contribution in [0.3, 0.4) is 0 Å². The fourth-order valence-corrected chi connectivity index (χ4v) is 2.52. The number of pyridine rings is 1. The van der Waals surface area contributed by atoms with Gasteiger partial charge >= 0.3 is 0 Å². The van der Waals surface area contributed by atoms with E-state index in [1.54, 1.807) is 7.11 Å². The summed E-state index contributed by atoms with van der Waals surface area (Å²) in [5, 5.41) is 1.14. The van der Waals surface area contributed by atoms with Gasteiger partial charge in [0.15, 0.2) is 0 Å². The van der Waals surface area contributed by atoms with Crippen LogP contribution in [-0.2, 0) is 6.54 Å². The van der Waals surface area contributed by atoms with Crippen LogP contribution >= 0.6 is 0 Å². The first kappa shape index (κ1) is 13.6. The van der Waals surface area contributed by atoms with Crippen molar-refractivity contribution in [2.45, 2.75) is 13.5 Å². The standard InChI is InChI=1S/C18H18N2O/c1-12-3-4-15-9-13(5-7-17(15)20-12)14-6-8-18(21-2)16(10-14)11-19/h3-10H,11,19H2,1-2H3. The van der Waals surface area contributed by atoms with E-state index in [0.717, 1.165) is 39.0 Å². The first-order valence-corrected chi connectivity index (χ1v) is 6.96. The molecule has 0 radical (unpaired) electrons. The Bertz CT molecular complexity index is 796. The fraction of sp³-hybridized carbons (Fsp3) is 0.167. The van der Waals surface area contributed by atoms with Gasteiger partial charge in [0, 0.05) is 23.2 Å². The molecule has 1 aromatic heterocycles. The topological polar surface area (TPSA) is 48.1 Å². The quantitative estimate of drug-likeness (QED) is 0.795. The third-order valence-corrected chi connectivity index (χ3v) is 3.66. The van der Waals surface area contributed by atoms with E-state index >= 15 is 0 Å². The minimum absolute atomic E-state index is 0.464. The summed E-state index contributed by atoms with van der Waals surface area (Å²) in [5.41, 5.74) is 11.1. The molecule has 2 aromatic carbocycles. The molecule has 0 aliphatic carbocycles. The van der Waals surface area contributed by atoms with Crippen LogP contribution in [0.15, 0.2) is 48.5 Å². The van der Waals surface area contributed by atoms with Gasteiger partial charge in [-0.15, -0.1) is 0 Å². The number of methoxy groups -OCH3 is 1. The molecule has 0 saturated carbocycles. The van der Waals surface area contributed by atoms with Crippen molar-refractivity contribution in [3.05, 3.63) is 59.8 Å². The van der Waals surface area contributed by atoms with Gasteiger partial charge in [0.05, 0.1) is 12.6 Å². The lowest BCUT2D eigenvalue weighted by molar-refractivity contribution is 0.410. The first-order chi connectivity index (χ1) is 10.2. The molecule has 3 nitrogen and oxygen atoms in total. The number of benzene rings is 2. The first-order valence-electron chi connectivity index (χ1n) is 6.96. The number of fused-ring (bicyclic) bond motifs is 1. The normalized spacial score (nSPS) is 10.8. The summed E-state index contributed by atoms with van der Waals surface area (Å²) in [4.78, 5) is 4.53. The van der Waals surface area contributed by atoms with Crippen LogP contribution in [0.2, 0.25) is 0 Å². The average Bonchev–Trinajstić information content (AvgIpc) is 2.53. The smallest absolute Gasteiger partial charge is 0.123 e. The van der Waals surface area contributed by atoms with Crippen LogP contribution in [0.1, 0.15) is 11.3 Å². The summed E-state index contributed by atoms with van der Waals surface area (Å²) in [6.45, 7) is 2.47. The van der Waals surface area contributed by atoms with E-state index in [9.17, 15) is 0 Å². The summed E-state index contributed by atoms with van der Waals surface area (Å²) < 4.78 is 5.32. The average molecular weight is 278 g/mol.